The third-order valence-corrected chi connectivity index (χ3v) is 10.1. The number of alkyl halides is 1. The number of nitrogens with one attached hydrogen (secondary N) is 2. The number of esters is 1. The maximum Gasteiger partial charge on any atom is 0.407 e. The van der Waals surface area contributed by atoms with Gasteiger partial charge in [-0.05, 0) is 95.5 Å². The standard InChI is InChI=1S/C40H53FN4O7/c1-6-50-21-10-22-51-38(48)34-24-29-23-30(17-18-33(29)44(34)5)42-36(46)35-31(26-11-8-7-9-12-26)19-20-45(35)37(47)28-15-13-27(14-16-28)32(25-41)43-39(49)52-40(2,3)4/h7-9,11-12,17-18,23-24,27-28,31-32,35H,6,10,13-16,19-22,25H2,1-5H3,(H,42,46)(H,43,49)/t27?,28?,31-,32+,35-/m0/s1. The van der Waals surface area contributed by atoms with Gasteiger partial charge >= 0.3 is 12.1 Å². The van der Waals surface area contributed by atoms with Gasteiger partial charge in [0.05, 0.1) is 12.6 Å². The second-order valence-corrected chi connectivity index (χ2v) is 14.8. The molecule has 2 aliphatic rings. The number of aryl methyl sites for hydroxylation is 1. The van der Waals surface area contributed by atoms with Gasteiger partial charge in [-0.15, -0.1) is 0 Å². The summed E-state index contributed by atoms with van der Waals surface area (Å²) in [4.78, 5) is 55.3. The Morgan fingerprint density at radius 3 is 2.37 bits per heavy atom. The Bertz CT molecular complexity index is 1700. The summed E-state index contributed by atoms with van der Waals surface area (Å²) in [5.41, 5.74) is 2.07. The molecule has 1 aliphatic heterocycles. The number of benzene rings is 2. The molecular formula is C40H53FN4O7. The predicted molar refractivity (Wildman–Crippen MR) is 197 cm³/mol. The van der Waals surface area contributed by atoms with Crippen LogP contribution < -0.4 is 10.6 Å². The van der Waals surface area contributed by atoms with Crippen molar-refractivity contribution in [2.24, 2.45) is 18.9 Å². The number of alkyl carbamates (subject to hydrolysis) is 1. The first-order chi connectivity index (χ1) is 24.9. The predicted octanol–water partition coefficient (Wildman–Crippen LogP) is 6.75. The molecule has 2 N–H and O–H groups in total. The van der Waals surface area contributed by atoms with Crippen molar-refractivity contribution in [1.29, 1.82) is 0 Å². The van der Waals surface area contributed by atoms with Crippen molar-refractivity contribution in [1.82, 2.24) is 14.8 Å². The summed E-state index contributed by atoms with van der Waals surface area (Å²) in [7, 11) is 1.80. The normalized spacial score (nSPS) is 21.1. The number of ether oxygens (including phenoxy) is 3. The van der Waals surface area contributed by atoms with Crippen LogP contribution in [0.3, 0.4) is 0 Å². The number of hydrogen-bond acceptors (Lipinski definition) is 7. The third kappa shape index (κ3) is 9.50. The van der Waals surface area contributed by atoms with E-state index in [9.17, 15) is 23.6 Å². The van der Waals surface area contributed by atoms with Crippen LogP contribution in [-0.4, -0.2) is 84.1 Å². The Kier molecular flexibility index (Phi) is 13.0. The van der Waals surface area contributed by atoms with Crippen LogP contribution in [0.5, 0.6) is 0 Å². The molecule has 52 heavy (non-hydrogen) atoms. The minimum absolute atomic E-state index is 0.0724. The highest BCUT2D eigenvalue weighted by atomic mass is 19.1. The fourth-order valence-electron chi connectivity index (χ4n) is 7.54. The summed E-state index contributed by atoms with van der Waals surface area (Å²) in [5.74, 6) is -1.40. The topological polar surface area (TPSA) is 128 Å². The first kappa shape index (κ1) is 38.8. The number of hydrogen-bond donors (Lipinski definition) is 2. The highest BCUT2D eigenvalue weighted by molar-refractivity contribution is 6.01. The Morgan fingerprint density at radius 1 is 0.962 bits per heavy atom. The molecule has 3 amide bonds. The highest BCUT2D eigenvalue weighted by Gasteiger charge is 2.45. The Morgan fingerprint density at radius 2 is 1.69 bits per heavy atom. The molecule has 5 rings (SSSR count). The number of fused-ring (bicyclic) bond motifs is 1. The van der Waals surface area contributed by atoms with Crippen molar-refractivity contribution in [3.05, 3.63) is 65.9 Å². The van der Waals surface area contributed by atoms with Crippen molar-refractivity contribution in [2.75, 3.05) is 38.4 Å². The quantitative estimate of drug-likeness (QED) is 0.148. The van der Waals surface area contributed by atoms with E-state index < -0.39 is 36.4 Å². The Hall–Kier alpha value is -4.45. The fourth-order valence-corrected chi connectivity index (χ4v) is 7.54. The van der Waals surface area contributed by atoms with E-state index in [1.54, 1.807) is 49.4 Å². The fraction of sp³-hybridized carbons (Fsp3) is 0.550. The number of likely N-dealkylation sites (tertiary alicyclic amines) is 1. The first-order valence-corrected chi connectivity index (χ1v) is 18.5. The summed E-state index contributed by atoms with van der Waals surface area (Å²) in [6, 6.07) is 15.6. The van der Waals surface area contributed by atoms with Crippen LogP contribution in [0, 0.1) is 11.8 Å². The monoisotopic (exact) mass is 720 g/mol. The molecule has 3 aromatic rings. The molecular weight excluding hydrogens is 667 g/mol. The zero-order valence-corrected chi connectivity index (χ0v) is 31.0. The number of carbonyl (C=O) groups excluding carboxylic acids is 4. The van der Waals surface area contributed by atoms with Crippen LogP contribution in [0.25, 0.3) is 10.9 Å². The lowest BCUT2D eigenvalue weighted by molar-refractivity contribution is -0.141. The zero-order valence-electron chi connectivity index (χ0n) is 31.0. The molecule has 12 heteroatoms. The number of aromatic nitrogens is 1. The van der Waals surface area contributed by atoms with Crippen LogP contribution in [0.4, 0.5) is 14.9 Å². The molecule has 1 saturated heterocycles. The van der Waals surface area contributed by atoms with E-state index in [-0.39, 0.29) is 36.2 Å². The molecule has 11 nitrogen and oxygen atoms in total. The van der Waals surface area contributed by atoms with Crippen molar-refractivity contribution >= 4 is 40.5 Å². The zero-order chi connectivity index (χ0) is 37.4. The number of nitrogens with zero attached hydrogens (tertiary/aromatic N) is 2. The summed E-state index contributed by atoms with van der Waals surface area (Å²) in [6.07, 6.45) is 2.84. The molecule has 3 atom stereocenters. The summed E-state index contributed by atoms with van der Waals surface area (Å²) in [5, 5.41) is 6.53. The van der Waals surface area contributed by atoms with Gasteiger partial charge in [0.15, 0.2) is 0 Å². The van der Waals surface area contributed by atoms with Gasteiger partial charge in [0.1, 0.15) is 24.0 Å². The maximum atomic E-state index is 14.2. The molecule has 1 aromatic heterocycles. The van der Waals surface area contributed by atoms with Crippen LogP contribution in [0.1, 0.15) is 88.2 Å². The van der Waals surface area contributed by atoms with Crippen molar-refractivity contribution in [3.63, 3.8) is 0 Å². The summed E-state index contributed by atoms with van der Waals surface area (Å²) in [6.45, 7) is 8.30. The Labute approximate surface area is 305 Å². The largest absolute Gasteiger partial charge is 0.461 e. The van der Waals surface area contributed by atoms with E-state index in [1.807, 2.05) is 49.4 Å². The molecule has 0 radical (unpaired) electrons. The molecule has 282 valence electrons. The molecule has 1 saturated carbocycles. The van der Waals surface area contributed by atoms with Crippen LogP contribution >= 0.6 is 0 Å². The van der Waals surface area contributed by atoms with E-state index in [2.05, 4.69) is 10.6 Å². The molecule has 2 heterocycles. The van der Waals surface area contributed by atoms with E-state index in [0.717, 1.165) is 16.5 Å². The second-order valence-electron chi connectivity index (χ2n) is 14.8. The van der Waals surface area contributed by atoms with Gasteiger partial charge in [-0.1, -0.05) is 30.3 Å². The van der Waals surface area contributed by atoms with Gasteiger partial charge < -0.3 is 34.3 Å². The van der Waals surface area contributed by atoms with Gasteiger partial charge in [-0.3, -0.25) is 9.59 Å². The molecule has 0 spiro atoms. The van der Waals surface area contributed by atoms with Crippen LogP contribution in [0.2, 0.25) is 0 Å². The van der Waals surface area contributed by atoms with Crippen LogP contribution in [-0.2, 0) is 30.8 Å². The second kappa shape index (κ2) is 17.4. The number of rotatable bonds is 13. The SMILES string of the molecule is CCOCCCOC(=O)c1cc2cc(NC(=O)[C@@H]3[C@H](c4ccccc4)CCN3C(=O)C3CCC([C@@H](CF)NC(=O)OC(C)(C)C)CC3)ccc2n1C. The molecule has 0 bridgehead atoms. The number of anilines is 1. The van der Waals surface area contributed by atoms with Gasteiger partial charge in [-0.2, -0.15) is 0 Å². The molecule has 0 unspecified atom stereocenters. The van der Waals surface area contributed by atoms with Gasteiger partial charge in [0.25, 0.3) is 0 Å². The number of carbonyl (C=O) groups is 4. The first-order valence-electron chi connectivity index (χ1n) is 18.5. The Balaban J connectivity index is 1.27. The minimum atomic E-state index is -0.728. The lowest BCUT2D eigenvalue weighted by atomic mass is 9.78. The maximum absolute atomic E-state index is 14.2. The average Bonchev–Trinajstić information content (AvgIpc) is 3.71. The molecule has 2 aromatic carbocycles. The van der Waals surface area contributed by atoms with Gasteiger partial charge in [-0.25, -0.2) is 14.0 Å². The van der Waals surface area contributed by atoms with Crippen LogP contribution in [0.15, 0.2) is 54.6 Å². The lowest BCUT2D eigenvalue weighted by Crippen LogP contribution is -2.49. The van der Waals surface area contributed by atoms with Gasteiger partial charge in [0.2, 0.25) is 11.8 Å². The van der Waals surface area contributed by atoms with E-state index >= 15 is 0 Å². The molecule has 2 fully saturated rings. The van der Waals surface area contributed by atoms with E-state index in [0.29, 0.717) is 69.7 Å². The minimum Gasteiger partial charge on any atom is -0.461 e. The van der Waals surface area contributed by atoms with Crippen molar-refractivity contribution < 1.29 is 37.8 Å². The average molecular weight is 721 g/mol. The smallest absolute Gasteiger partial charge is 0.407 e. The number of halogens is 1. The molecule has 1 aliphatic carbocycles. The van der Waals surface area contributed by atoms with E-state index in [4.69, 9.17) is 14.2 Å². The summed E-state index contributed by atoms with van der Waals surface area (Å²) >= 11 is 0. The van der Waals surface area contributed by atoms with E-state index in [1.165, 1.54) is 0 Å². The highest BCUT2D eigenvalue weighted by Crippen LogP contribution is 2.39. The number of amides is 3. The lowest BCUT2D eigenvalue weighted by Gasteiger charge is -2.36. The summed E-state index contributed by atoms with van der Waals surface area (Å²) < 4.78 is 31.9. The van der Waals surface area contributed by atoms with Gasteiger partial charge in [0, 0.05) is 61.7 Å². The third-order valence-electron chi connectivity index (χ3n) is 10.1. The van der Waals surface area contributed by atoms with Crippen molar-refractivity contribution in [2.45, 2.75) is 89.8 Å². The van der Waals surface area contributed by atoms with Crippen molar-refractivity contribution in [3.8, 4) is 0 Å².